The topological polar surface area (TPSA) is 72.2 Å². The van der Waals surface area contributed by atoms with E-state index in [1.165, 1.54) is 13.4 Å². The van der Waals surface area contributed by atoms with E-state index >= 15 is 0 Å². The van der Waals surface area contributed by atoms with Crippen molar-refractivity contribution in [3.8, 4) is 11.5 Å². The molecule has 0 radical (unpaired) electrons. The molecule has 0 aliphatic carbocycles. The van der Waals surface area contributed by atoms with Crippen molar-refractivity contribution in [2.75, 3.05) is 40.4 Å². The number of hydrogen-bond acceptors (Lipinski definition) is 5. The lowest BCUT2D eigenvalue weighted by Crippen LogP contribution is -2.50. The summed E-state index contributed by atoms with van der Waals surface area (Å²) in [4.78, 5) is 28.4. The van der Waals surface area contributed by atoms with Gasteiger partial charge in [-0.15, -0.1) is 0 Å². The molecule has 2 aromatic rings. The fourth-order valence-electron chi connectivity index (χ4n) is 2.81. The maximum Gasteiger partial charge on any atom is 0.289 e. The fourth-order valence-corrected chi connectivity index (χ4v) is 2.81. The smallest absolute Gasteiger partial charge is 0.289 e. The van der Waals surface area contributed by atoms with Crippen molar-refractivity contribution in [2.45, 2.75) is 0 Å². The van der Waals surface area contributed by atoms with E-state index in [0.29, 0.717) is 49.0 Å². The molecule has 0 unspecified atom stereocenters. The van der Waals surface area contributed by atoms with E-state index in [0.717, 1.165) is 0 Å². The first-order chi connectivity index (χ1) is 12.1. The van der Waals surface area contributed by atoms with Crippen molar-refractivity contribution >= 4 is 11.8 Å². The molecular weight excluding hydrogens is 324 g/mol. The van der Waals surface area contributed by atoms with Gasteiger partial charge in [-0.1, -0.05) is 0 Å². The molecule has 1 fully saturated rings. The maximum atomic E-state index is 12.8. The zero-order valence-electron chi connectivity index (χ0n) is 14.2. The average Bonchev–Trinajstić information content (AvgIpc) is 3.21. The molecule has 7 nitrogen and oxygen atoms in total. The van der Waals surface area contributed by atoms with E-state index in [2.05, 4.69) is 0 Å². The first kappa shape index (κ1) is 16.9. The molecule has 2 amide bonds. The number of piperazine rings is 1. The molecule has 1 aliphatic rings. The quantitative estimate of drug-likeness (QED) is 0.847. The van der Waals surface area contributed by atoms with Crippen LogP contribution in [0.1, 0.15) is 20.9 Å². The molecule has 1 aromatic heterocycles. The summed E-state index contributed by atoms with van der Waals surface area (Å²) in [5.74, 6) is 1.14. The Labute approximate surface area is 145 Å². The van der Waals surface area contributed by atoms with Crippen LogP contribution in [0.5, 0.6) is 11.5 Å². The molecule has 0 N–H and O–H groups in total. The summed E-state index contributed by atoms with van der Waals surface area (Å²) in [6.07, 6.45) is 1.48. The summed E-state index contributed by atoms with van der Waals surface area (Å²) in [6.45, 7) is 1.84. The van der Waals surface area contributed by atoms with Gasteiger partial charge in [-0.25, -0.2) is 0 Å². The van der Waals surface area contributed by atoms with Gasteiger partial charge >= 0.3 is 0 Å². The largest absolute Gasteiger partial charge is 0.497 e. The number of methoxy groups -OCH3 is 2. The number of carbonyl (C=O) groups excluding carboxylic acids is 2. The van der Waals surface area contributed by atoms with Crippen LogP contribution in [0.2, 0.25) is 0 Å². The van der Waals surface area contributed by atoms with Crippen molar-refractivity contribution in [1.29, 1.82) is 0 Å². The minimum absolute atomic E-state index is 0.121. The third-order valence-corrected chi connectivity index (χ3v) is 4.23. The van der Waals surface area contributed by atoms with Gasteiger partial charge in [0.25, 0.3) is 11.8 Å². The van der Waals surface area contributed by atoms with Crippen LogP contribution in [0, 0.1) is 0 Å². The minimum Gasteiger partial charge on any atom is -0.497 e. The molecule has 25 heavy (non-hydrogen) atoms. The fraction of sp³-hybridized carbons (Fsp3) is 0.333. The summed E-state index contributed by atoms with van der Waals surface area (Å²) < 4.78 is 15.6. The van der Waals surface area contributed by atoms with Gasteiger partial charge in [-0.3, -0.25) is 9.59 Å². The van der Waals surface area contributed by atoms with E-state index in [4.69, 9.17) is 13.9 Å². The van der Waals surface area contributed by atoms with Crippen molar-refractivity contribution < 1.29 is 23.5 Å². The Morgan fingerprint density at radius 3 is 2.20 bits per heavy atom. The lowest BCUT2D eigenvalue weighted by molar-refractivity contribution is 0.0516. The minimum atomic E-state index is -0.154. The van der Waals surface area contributed by atoms with Crippen LogP contribution in [0.15, 0.2) is 41.0 Å². The Balaban J connectivity index is 1.67. The Kier molecular flexibility index (Phi) is 4.92. The first-order valence-corrected chi connectivity index (χ1v) is 7.98. The molecule has 0 bridgehead atoms. The van der Waals surface area contributed by atoms with Gasteiger partial charge in [-0.2, -0.15) is 0 Å². The molecule has 7 heteroatoms. The molecule has 2 heterocycles. The number of carbonyl (C=O) groups is 2. The number of benzene rings is 1. The predicted octanol–water partition coefficient (Wildman–Crippen LogP) is 1.90. The highest BCUT2D eigenvalue weighted by Gasteiger charge is 2.27. The van der Waals surface area contributed by atoms with Crippen LogP contribution in [-0.2, 0) is 0 Å². The zero-order valence-corrected chi connectivity index (χ0v) is 14.2. The third kappa shape index (κ3) is 3.45. The Bertz CT molecular complexity index is 749. The van der Waals surface area contributed by atoms with Gasteiger partial charge in [-0.05, 0) is 24.3 Å². The Morgan fingerprint density at radius 1 is 0.960 bits per heavy atom. The van der Waals surface area contributed by atoms with E-state index in [1.807, 2.05) is 0 Å². The van der Waals surface area contributed by atoms with E-state index in [9.17, 15) is 9.59 Å². The highest BCUT2D eigenvalue weighted by Crippen LogP contribution is 2.26. The van der Waals surface area contributed by atoms with Crippen LogP contribution >= 0.6 is 0 Å². The lowest BCUT2D eigenvalue weighted by atomic mass is 10.1. The monoisotopic (exact) mass is 344 g/mol. The molecule has 1 aromatic carbocycles. The van der Waals surface area contributed by atoms with Crippen LogP contribution in [0.3, 0.4) is 0 Å². The molecule has 3 rings (SSSR count). The van der Waals surface area contributed by atoms with Crippen LogP contribution in [-0.4, -0.2) is 62.0 Å². The second-order valence-electron chi connectivity index (χ2n) is 5.63. The first-order valence-electron chi connectivity index (χ1n) is 7.98. The van der Waals surface area contributed by atoms with Crippen molar-refractivity contribution in [3.63, 3.8) is 0 Å². The number of hydrogen-bond donors (Lipinski definition) is 0. The highest BCUT2D eigenvalue weighted by atomic mass is 16.5. The predicted molar refractivity (Wildman–Crippen MR) is 90.1 cm³/mol. The summed E-state index contributed by atoms with van der Waals surface area (Å²) >= 11 is 0. The van der Waals surface area contributed by atoms with Gasteiger partial charge in [0.2, 0.25) is 0 Å². The van der Waals surface area contributed by atoms with E-state index < -0.39 is 0 Å². The number of rotatable bonds is 4. The Hall–Kier alpha value is -2.96. The van der Waals surface area contributed by atoms with Crippen LogP contribution in [0.25, 0.3) is 0 Å². The standard InChI is InChI=1S/C18H20N2O5/c1-23-13-5-6-14(16(12-13)24-2)17(21)19-7-9-20(10-8-19)18(22)15-4-3-11-25-15/h3-6,11-12H,7-10H2,1-2H3. The molecule has 0 atom stereocenters. The van der Waals surface area contributed by atoms with Crippen molar-refractivity contribution in [2.24, 2.45) is 0 Å². The molecule has 0 spiro atoms. The van der Waals surface area contributed by atoms with Gasteiger partial charge in [0.1, 0.15) is 11.5 Å². The summed E-state index contributed by atoms with van der Waals surface area (Å²) in [5.41, 5.74) is 0.481. The Morgan fingerprint density at radius 2 is 1.64 bits per heavy atom. The maximum absolute atomic E-state index is 12.8. The molecule has 1 aliphatic heterocycles. The summed E-state index contributed by atoms with van der Waals surface area (Å²) in [6, 6.07) is 8.43. The van der Waals surface area contributed by atoms with Gasteiger partial charge in [0.05, 0.1) is 26.0 Å². The van der Waals surface area contributed by atoms with E-state index in [1.54, 1.807) is 47.2 Å². The average molecular weight is 344 g/mol. The van der Waals surface area contributed by atoms with E-state index in [-0.39, 0.29) is 11.8 Å². The van der Waals surface area contributed by atoms with Gasteiger partial charge in [0, 0.05) is 32.2 Å². The second-order valence-corrected chi connectivity index (χ2v) is 5.63. The van der Waals surface area contributed by atoms with Crippen LogP contribution < -0.4 is 9.47 Å². The van der Waals surface area contributed by atoms with Gasteiger partial charge in [0.15, 0.2) is 5.76 Å². The second kappa shape index (κ2) is 7.29. The number of nitrogens with zero attached hydrogens (tertiary/aromatic N) is 2. The zero-order chi connectivity index (χ0) is 17.8. The lowest BCUT2D eigenvalue weighted by Gasteiger charge is -2.34. The summed E-state index contributed by atoms with van der Waals surface area (Å²) in [7, 11) is 3.08. The third-order valence-electron chi connectivity index (χ3n) is 4.23. The number of amides is 2. The SMILES string of the molecule is COc1ccc(C(=O)N2CCN(C(=O)c3ccco3)CC2)c(OC)c1. The number of furan rings is 1. The van der Waals surface area contributed by atoms with Gasteiger partial charge < -0.3 is 23.7 Å². The van der Waals surface area contributed by atoms with Crippen molar-refractivity contribution in [1.82, 2.24) is 9.80 Å². The highest BCUT2D eigenvalue weighted by molar-refractivity contribution is 5.97. The molecule has 0 saturated carbocycles. The molecular formula is C18H20N2O5. The van der Waals surface area contributed by atoms with Crippen LogP contribution in [0.4, 0.5) is 0 Å². The number of ether oxygens (including phenoxy) is 2. The van der Waals surface area contributed by atoms with Crippen molar-refractivity contribution in [3.05, 3.63) is 47.9 Å². The molecule has 1 saturated heterocycles. The normalized spacial score (nSPS) is 14.3. The summed E-state index contributed by atoms with van der Waals surface area (Å²) in [5, 5.41) is 0. The molecule has 132 valence electrons.